The van der Waals surface area contributed by atoms with Crippen LogP contribution >= 0.6 is 0 Å². The lowest BCUT2D eigenvalue weighted by atomic mass is 10.1. The summed E-state index contributed by atoms with van der Waals surface area (Å²) in [5, 5.41) is 3.36. The number of likely N-dealkylation sites (tertiary alicyclic amines) is 1. The average Bonchev–Trinajstić information content (AvgIpc) is 2.35. The van der Waals surface area contributed by atoms with Crippen LogP contribution in [0.5, 0.6) is 0 Å². The molecule has 2 saturated heterocycles. The molecule has 0 atom stereocenters. The van der Waals surface area contributed by atoms with E-state index in [9.17, 15) is 4.79 Å². The van der Waals surface area contributed by atoms with E-state index in [0.29, 0.717) is 5.91 Å². The molecule has 2 heterocycles. The Morgan fingerprint density at radius 1 is 0.941 bits per heavy atom. The monoisotopic (exact) mass is 239 g/mol. The van der Waals surface area contributed by atoms with Gasteiger partial charge in [-0.3, -0.25) is 9.69 Å². The number of hydrogen-bond acceptors (Lipinski definition) is 3. The Bertz CT molecular complexity index is 239. The van der Waals surface area contributed by atoms with Gasteiger partial charge >= 0.3 is 0 Å². The zero-order valence-electron chi connectivity index (χ0n) is 10.8. The number of carbonyl (C=O) groups excluding carboxylic acids is 1. The fraction of sp³-hybridized carbons (Fsp3) is 0.923. The molecule has 0 aliphatic carbocycles. The van der Waals surface area contributed by atoms with Crippen LogP contribution in [0, 0.1) is 0 Å². The Balaban J connectivity index is 1.73. The van der Waals surface area contributed by atoms with Crippen LogP contribution in [0.1, 0.15) is 32.1 Å². The largest absolute Gasteiger partial charge is 0.341 e. The van der Waals surface area contributed by atoms with Gasteiger partial charge in [0.15, 0.2) is 0 Å². The molecule has 0 aromatic carbocycles. The van der Waals surface area contributed by atoms with Gasteiger partial charge in [-0.05, 0) is 12.8 Å². The zero-order chi connectivity index (χ0) is 11.9. The van der Waals surface area contributed by atoms with Gasteiger partial charge in [0.25, 0.3) is 0 Å². The maximum Gasteiger partial charge on any atom is 0.222 e. The number of rotatable bonds is 3. The van der Waals surface area contributed by atoms with Gasteiger partial charge in [0.05, 0.1) is 0 Å². The zero-order valence-corrected chi connectivity index (χ0v) is 10.8. The van der Waals surface area contributed by atoms with Gasteiger partial charge < -0.3 is 10.2 Å². The molecule has 2 aliphatic heterocycles. The average molecular weight is 239 g/mol. The molecule has 98 valence electrons. The number of hydrogen-bond donors (Lipinski definition) is 1. The maximum atomic E-state index is 11.9. The highest BCUT2D eigenvalue weighted by molar-refractivity contribution is 5.76. The fourth-order valence-corrected chi connectivity index (χ4v) is 2.65. The van der Waals surface area contributed by atoms with Gasteiger partial charge in [-0.2, -0.15) is 0 Å². The van der Waals surface area contributed by atoms with Crippen molar-refractivity contribution in [3.05, 3.63) is 0 Å². The molecule has 0 spiro atoms. The van der Waals surface area contributed by atoms with Crippen molar-refractivity contribution in [3.8, 4) is 0 Å². The van der Waals surface area contributed by atoms with Crippen LogP contribution in [0.4, 0.5) is 0 Å². The number of amides is 1. The summed E-state index contributed by atoms with van der Waals surface area (Å²) in [6, 6.07) is 0. The minimum Gasteiger partial charge on any atom is -0.341 e. The molecule has 0 unspecified atom stereocenters. The smallest absolute Gasteiger partial charge is 0.222 e. The molecule has 4 nitrogen and oxygen atoms in total. The molecule has 2 aliphatic rings. The molecule has 4 heteroatoms. The van der Waals surface area contributed by atoms with E-state index in [2.05, 4.69) is 15.1 Å². The molecule has 17 heavy (non-hydrogen) atoms. The predicted molar refractivity (Wildman–Crippen MR) is 69.0 cm³/mol. The second-order valence-electron chi connectivity index (χ2n) is 5.14. The number of nitrogens with one attached hydrogen (secondary N) is 1. The lowest BCUT2D eigenvalue weighted by molar-refractivity contribution is -0.132. The van der Waals surface area contributed by atoms with E-state index in [0.717, 1.165) is 58.7 Å². The standard InChI is InChI=1S/C13H25N3O/c17-13-5-3-1-2-4-8-16(13)12-11-15-9-6-14-7-10-15/h14H,1-12H2. The molecule has 1 N–H and O–H groups in total. The van der Waals surface area contributed by atoms with Crippen molar-refractivity contribution < 1.29 is 4.79 Å². The topological polar surface area (TPSA) is 35.6 Å². The summed E-state index contributed by atoms with van der Waals surface area (Å²) < 4.78 is 0. The van der Waals surface area contributed by atoms with E-state index < -0.39 is 0 Å². The Kier molecular flexibility index (Phi) is 5.26. The molecule has 0 saturated carbocycles. The molecular weight excluding hydrogens is 214 g/mol. The highest BCUT2D eigenvalue weighted by atomic mass is 16.2. The molecule has 0 radical (unpaired) electrons. The molecule has 0 bridgehead atoms. The van der Waals surface area contributed by atoms with Crippen LogP contribution in [0.15, 0.2) is 0 Å². The first-order chi connectivity index (χ1) is 8.36. The van der Waals surface area contributed by atoms with E-state index in [1.54, 1.807) is 0 Å². The maximum absolute atomic E-state index is 11.9. The third kappa shape index (κ3) is 4.28. The number of nitrogens with zero attached hydrogens (tertiary/aromatic N) is 2. The first-order valence-electron chi connectivity index (χ1n) is 7.07. The van der Waals surface area contributed by atoms with E-state index in [-0.39, 0.29) is 0 Å². The fourth-order valence-electron chi connectivity index (χ4n) is 2.65. The summed E-state index contributed by atoms with van der Waals surface area (Å²) in [6.45, 7) is 7.39. The Morgan fingerprint density at radius 2 is 1.71 bits per heavy atom. The second kappa shape index (κ2) is 6.97. The van der Waals surface area contributed by atoms with E-state index in [4.69, 9.17) is 0 Å². The highest BCUT2D eigenvalue weighted by Gasteiger charge is 2.17. The lowest BCUT2D eigenvalue weighted by Gasteiger charge is -2.31. The van der Waals surface area contributed by atoms with Crippen molar-refractivity contribution in [2.75, 3.05) is 45.8 Å². The van der Waals surface area contributed by atoms with Crippen LogP contribution in [0.3, 0.4) is 0 Å². The second-order valence-corrected chi connectivity index (χ2v) is 5.14. The van der Waals surface area contributed by atoms with Gasteiger partial charge in [0.1, 0.15) is 0 Å². The summed E-state index contributed by atoms with van der Waals surface area (Å²) >= 11 is 0. The Labute approximate surface area is 104 Å². The van der Waals surface area contributed by atoms with Crippen LogP contribution in [-0.2, 0) is 4.79 Å². The van der Waals surface area contributed by atoms with Crippen molar-refractivity contribution in [2.45, 2.75) is 32.1 Å². The normalized spacial score (nSPS) is 24.5. The predicted octanol–water partition coefficient (Wildman–Crippen LogP) is 0.684. The minimum atomic E-state index is 0.375. The van der Waals surface area contributed by atoms with Crippen LogP contribution in [0.25, 0.3) is 0 Å². The summed E-state index contributed by atoms with van der Waals surface area (Å²) in [5.41, 5.74) is 0. The van der Waals surface area contributed by atoms with Gasteiger partial charge in [0.2, 0.25) is 5.91 Å². The van der Waals surface area contributed by atoms with E-state index >= 15 is 0 Å². The first kappa shape index (κ1) is 12.8. The third-order valence-electron chi connectivity index (χ3n) is 3.82. The molecule has 2 fully saturated rings. The van der Waals surface area contributed by atoms with Crippen LogP contribution < -0.4 is 5.32 Å². The summed E-state index contributed by atoms with van der Waals surface area (Å²) in [7, 11) is 0. The lowest BCUT2D eigenvalue weighted by Crippen LogP contribution is -2.47. The Hall–Kier alpha value is -0.610. The summed E-state index contributed by atoms with van der Waals surface area (Å²) in [6.07, 6.45) is 5.56. The molecular formula is C13H25N3O. The van der Waals surface area contributed by atoms with Crippen molar-refractivity contribution in [1.82, 2.24) is 15.1 Å². The van der Waals surface area contributed by atoms with Crippen molar-refractivity contribution >= 4 is 5.91 Å². The SMILES string of the molecule is O=C1CCCCCCN1CCN1CCNCC1. The summed E-state index contributed by atoms with van der Waals surface area (Å²) in [5.74, 6) is 0.375. The Morgan fingerprint density at radius 3 is 2.53 bits per heavy atom. The van der Waals surface area contributed by atoms with Gasteiger partial charge in [-0.15, -0.1) is 0 Å². The molecule has 0 aromatic rings. The molecule has 0 aromatic heterocycles. The third-order valence-corrected chi connectivity index (χ3v) is 3.82. The van der Waals surface area contributed by atoms with Gasteiger partial charge in [0, 0.05) is 52.2 Å². The van der Waals surface area contributed by atoms with E-state index in [1.165, 1.54) is 19.3 Å². The van der Waals surface area contributed by atoms with Crippen molar-refractivity contribution in [3.63, 3.8) is 0 Å². The van der Waals surface area contributed by atoms with Gasteiger partial charge in [-0.1, -0.05) is 12.8 Å². The van der Waals surface area contributed by atoms with Crippen LogP contribution in [-0.4, -0.2) is 61.5 Å². The van der Waals surface area contributed by atoms with Crippen molar-refractivity contribution in [2.24, 2.45) is 0 Å². The van der Waals surface area contributed by atoms with Gasteiger partial charge in [-0.25, -0.2) is 0 Å². The summed E-state index contributed by atoms with van der Waals surface area (Å²) in [4.78, 5) is 16.5. The minimum absolute atomic E-state index is 0.375. The highest BCUT2D eigenvalue weighted by Crippen LogP contribution is 2.11. The number of carbonyl (C=O) groups is 1. The molecule has 2 rings (SSSR count). The van der Waals surface area contributed by atoms with E-state index in [1.807, 2.05) is 0 Å². The first-order valence-corrected chi connectivity index (χ1v) is 7.07. The van der Waals surface area contributed by atoms with Crippen molar-refractivity contribution in [1.29, 1.82) is 0 Å². The molecule has 1 amide bonds. The van der Waals surface area contributed by atoms with Crippen LogP contribution in [0.2, 0.25) is 0 Å². The number of piperazine rings is 1. The quantitative estimate of drug-likeness (QED) is 0.787.